The van der Waals surface area contributed by atoms with Gasteiger partial charge in [-0.1, -0.05) is 0 Å². The van der Waals surface area contributed by atoms with E-state index in [1.807, 2.05) is 0 Å². The van der Waals surface area contributed by atoms with Crippen molar-refractivity contribution in [1.29, 1.82) is 0 Å². The summed E-state index contributed by atoms with van der Waals surface area (Å²) in [7, 11) is 0. The van der Waals surface area contributed by atoms with Crippen LogP contribution in [-0.4, -0.2) is 30.9 Å². The van der Waals surface area contributed by atoms with E-state index in [9.17, 15) is 9.59 Å². The number of amides is 2. The Hall–Kier alpha value is -1.10. The highest BCUT2D eigenvalue weighted by Crippen LogP contribution is 2.65. The third kappa shape index (κ3) is 1.73. The van der Waals surface area contributed by atoms with Crippen LogP contribution in [-0.2, 0) is 9.59 Å². The van der Waals surface area contributed by atoms with Gasteiger partial charge in [0, 0.05) is 19.1 Å². The van der Waals surface area contributed by atoms with Crippen LogP contribution >= 0.6 is 0 Å². The van der Waals surface area contributed by atoms with Gasteiger partial charge in [0.25, 0.3) is 0 Å². The van der Waals surface area contributed by atoms with E-state index in [-0.39, 0.29) is 6.04 Å². The van der Waals surface area contributed by atoms with Gasteiger partial charge < -0.3 is 16.4 Å². The molecule has 2 amide bonds. The highest BCUT2D eigenvalue weighted by Gasteiger charge is 2.65. The molecular formula is C12H19N3O2. The summed E-state index contributed by atoms with van der Waals surface area (Å²) in [4.78, 5) is 23.0. The summed E-state index contributed by atoms with van der Waals surface area (Å²) in [5.74, 6) is 1.91. The SMILES string of the molecule is NCCNC(=O)C(=O)NC1C2C3CCC(C3)C12. The van der Waals surface area contributed by atoms with Gasteiger partial charge in [0.2, 0.25) is 0 Å². The van der Waals surface area contributed by atoms with Crippen LogP contribution in [0.15, 0.2) is 0 Å². The van der Waals surface area contributed by atoms with Gasteiger partial charge in [0.05, 0.1) is 0 Å². The lowest BCUT2D eigenvalue weighted by Crippen LogP contribution is -2.43. The fourth-order valence-electron chi connectivity index (χ4n) is 4.00. The minimum Gasteiger partial charge on any atom is -0.347 e. The predicted octanol–water partition coefficient (Wildman–Crippen LogP) is -0.778. The Bertz CT molecular complexity index is 342. The van der Waals surface area contributed by atoms with E-state index < -0.39 is 11.8 Å². The fourth-order valence-corrected chi connectivity index (χ4v) is 4.00. The molecular weight excluding hydrogens is 218 g/mol. The van der Waals surface area contributed by atoms with Gasteiger partial charge in [-0.05, 0) is 42.9 Å². The summed E-state index contributed by atoms with van der Waals surface area (Å²) in [6.45, 7) is 0.715. The quantitative estimate of drug-likeness (QED) is 0.563. The maximum Gasteiger partial charge on any atom is 0.309 e. The zero-order valence-electron chi connectivity index (χ0n) is 9.82. The average molecular weight is 237 g/mol. The largest absolute Gasteiger partial charge is 0.347 e. The summed E-state index contributed by atoms with van der Waals surface area (Å²) in [6, 6.07) is 0.275. The molecule has 5 heteroatoms. The fraction of sp³-hybridized carbons (Fsp3) is 0.833. The van der Waals surface area contributed by atoms with Crippen molar-refractivity contribution in [3.05, 3.63) is 0 Å². The lowest BCUT2D eigenvalue weighted by molar-refractivity contribution is -0.139. The number of nitrogens with one attached hydrogen (secondary N) is 2. The first-order valence-corrected chi connectivity index (χ1v) is 6.51. The number of carbonyl (C=O) groups excluding carboxylic acids is 2. The van der Waals surface area contributed by atoms with Crippen LogP contribution in [0.4, 0.5) is 0 Å². The first-order chi connectivity index (χ1) is 8.22. The van der Waals surface area contributed by atoms with Crippen molar-refractivity contribution in [2.75, 3.05) is 13.1 Å². The Labute approximate surface area is 100 Å². The van der Waals surface area contributed by atoms with Crippen molar-refractivity contribution >= 4 is 11.8 Å². The zero-order chi connectivity index (χ0) is 12.0. The Morgan fingerprint density at radius 2 is 1.76 bits per heavy atom. The smallest absolute Gasteiger partial charge is 0.309 e. The molecule has 3 aliphatic rings. The second-order valence-corrected chi connectivity index (χ2v) is 5.53. The van der Waals surface area contributed by atoms with Gasteiger partial charge in [-0.25, -0.2) is 0 Å². The first-order valence-electron chi connectivity index (χ1n) is 6.51. The lowest BCUT2D eigenvalue weighted by Gasteiger charge is -2.10. The van der Waals surface area contributed by atoms with Gasteiger partial charge in [-0.15, -0.1) is 0 Å². The molecule has 17 heavy (non-hydrogen) atoms. The first kappa shape index (κ1) is 11.0. The molecule has 0 spiro atoms. The van der Waals surface area contributed by atoms with Crippen LogP contribution in [0.2, 0.25) is 0 Å². The number of hydrogen-bond acceptors (Lipinski definition) is 3. The van der Waals surface area contributed by atoms with Crippen LogP contribution in [0.5, 0.6) is 0 Å². The molecule has 2 bridgehead atoms. The minimum atomic E-state index is -0.548. The minimum absolute atomic E-state index is 0.275. The number of rotatable bonds is 3. The topological polar surface area (TPSA) is 84.2 Å². The average Bonchev–Trinajstić information content (AvgIpc) is 2.75. The second kappa shape index (κ2) is 3.98. The maximum absolute atomic E-state index is 11.6. The third-order valence-corrected chi connectivity index (χ3v) is 4.67. The van der Waals surface area contributed by atoms with E-state index in [1.54, 1.807) is 0 Å². The molecule has 3 rings (SSSR count). The number of hydrogen-bond donors (Lipinski definition) is 3. The summed E-state index contributed by atoms with van der Waals surface area (Å²) >= 11 is 0. The summed E-state index contributed by atoms with van der Waals surface area (Å²) < 4.78 is 0. The Morgan fingerprint density at radius 1 is 1.12 bits per heavy atom. The lowest BCUT2D eigenvalue weighted by atomic mass is 10.0. The molecule has 4 unspecified atom stereocenters. The highest BCUT2D eigenvalue weighted by molar-refractivity contribution is 6.35. The molecule has 3 aliphatic carbocycles. The van der Waals surface area contributed by atoms with E-state index in [2.05, 4.69) is 10.6 Å². The molecule has 4 atom stereocenters. The normalized spacial score (nSPS) is 40.9. The van der Waals surface area contributed by atoms with Crippen molar-refractivity contribution in [1.82, 2.24) is 10.6 Å². The second-order valence-electron chi connectivity index (χ2n) is 5.53. The summed E-state index contributed by atoms with van der Waals surface area (Å²) in [6.07, 6.45) is 3.98. The van der Waals surface area contributed by atoms with Crippen molar-refractivity contribution < 1.29 is 9.59 Å². The molecule has 0 aliphatic heterocycles. The molecule has 4 N–H and O–H groups in total. The molecule has 0 aromatic heterocycles. The Balaban J connectivity index is 1.49. The van der Waals surface area contributed by atoms with Crippen molar-refractivity contribution in [3.63, 3.8) is 0 Å². The predicted molar refractivity (Wildman–Crippen MR) is 61.8 cm³/mol. The molecule has 0 aromatic carbocycles. The number of nitrogens with two attached hydrogens (primary N) is 1. The van der Waals surface area contributed by atoms with E-state index in [0.29, 0.717) is 24.9 Å². The van der Waals surface area contributed by atoms with E-state index in [0.717, 1.165) is 11.8 Å². The van der Waals surface area contributed by atoms with Crippen LogP contribution in [0.25, 0.3) is 0 Å². The molecule has 94 valence electrons. The Kier molecular flexibility index (Phi) is 2.58. The molecule has 3 fully saturated rings. The standard InChI is InChI=1S/C12H19N3O2/c13-3-4-14-11(16)12(17)15-10-8-6-1-2-7(5-6)9(8)10/h6-10H,1-5,13H2,(H,14,16)(H,15,17). The highest BCUT2D eigenvalue weighted by atomic mass is 16.2. The zero-order valence-corrected chi connectivity index (χ0v) is 9.82. The van der Waals surface area contributed by atoms with Crippen LogP contribution in [0, 0.1) is 23.7 Å². The molecule has 3 saturated carbocycles. The van der Waals surface area contributed by atoms with E-state index in [4.69, 9.17) is 5.73 Å². The molecule has 5 nitrogen and oxygen atoms in total. The van der Waals surface area contributed by atoms with Gasteiger partial charge >= 0.3 is 11.8 Å². The number of fused-ring (bicyclic) bond motifs is 5. The maximum atomic E-state index is 11.6. The Morgan fingerprint density at radius 3 is 2.35 bits per heavy atom. The van der Waals surface area contributed by atoms with Gasteiger partial charge in [0.1, 0.15) is 0 Å². The van der Waals surface area contributed by atoms with Crippen molar-refractivity contribution in [2.45, 2.75) is 25.3 Å². The van der Waals surface area contributed by atoms with Crippen LogP contribution in [0.3, 0.4) is 0 Å². The van der Waals surface area contributed by atoms with Crippen LogP contribution < -0.4 is 16.4 Å². The molecule has 0 saturated heterocycles. The summed E-state index contributed by atoms with van der Waals surface area (Å²) in [5, 5.41) is 5.37. The molecule has 0 heterocycles. The molecule has 0 radical (unpaired) electrons. The van der Waals surface area contributed by atoms with Crippen molar-refractivity contribution in [3.8, 4) is 0 Å². The number of carbonyl (C=O) groups is 2. The summed E-state index contributed by atoms with van der Waals surface area (Å²) in [5.41, 5.74) is 5.26. The van der Waals surface area contributed by atoms with Gasteiger partial charge in [-0.3, -0.25) is 9.59 Å². The molecule has 0 aromatic rings. The van der Waals surface area contributed by atoms with Gasteiger partial charge in [0.15, 0.2) is 0 Å². The van der Waals surface area contributed by atoms with Crippen LogP contribution in [0.1, 0.15) is 19.3 Å². The van der Waals surface area contributed by atoms with E-state index >= 15 is 0 Å². The third-order valence-electron chi connectivity index (χ3n) is 4.67. The monoisotopic (exact) mass is 237 g/mol. The van der Waals surface area contributed by atoms with Crippen molar-refractivity contribution in [2.24, 2.45) is 29.4 Å². The van der Waals surface area contributed by atoms with Gasteiger partial charge in [-0.2, -0.15) is 0 Å². The van der Waals surface area contributed by atoms with E-state index in [1.165, 1.54) is 19.3 Å².